The number of carbonyl (C=O) groups excluding carboxylic acids is 2. The van der Waals surface area contributed by atoms with Crippen LogP contribution < -0.4 is 15.0 Å². The molecule has 1 aliphatic heterocycles. The Hall–Kier alpha value is -4.30. The highest BCUT2D eigenvalue weighted by Crippen LogP contribution is 2.28. The Kier molecular flexibility index (Phi) is 6.12. The minimum absolute atomic E-state index is 0.0143. The lowest BCUT2D eigenvalue weighted by Gasteiger charge is -2.29. The Labute approximate surface area is 214 Å². The molecule has 7 nitrogen and oxygen atoms in total. The van der Waals surface area contributed by atoms with Crippen molar-refractivity contribution in [3.8, 4) is 11.4 Å². The molecule has 36 heavy (non-hydrogen) atoms. The van der Waals surface area contributed by atoms with Crippen LogP contribution in [0.25, 0.3) is 22.7 Å². The number of carbonyl (C=O) groups is 2. The molecular weight excluding hydrogens is 472 g/mol. The van der Waals surface area contributed by atoms with Crippen LogP contribution in [-0.2, 0) is 9.59 Å². The first-order valence-electron chi connectivity index (χ1n) is 11.6. The number of amides is 2. The van der Waals surface area contributed by atoms with Crippen LogP contribution in [0.4, 0.5) is 5.69 Å². The second-order valence-electron chi connectivity index (χ2n) is 8.43. The van der Waals surface area contributed by atoms with Crippen molar-refractivity contribution in [2.24, 2.45) is 0 Å². The Morgan fingerprint density at radius 2 is 1.78 bits per heavy atom. The van der Waals surface area contributed by atoms with E-state index in [0.717, 1.165) is 33.5 Å². The number of ether oxygens (including phenoxy) is 1. The molecule has 1 saturated heterocycles. The molecule has 0 bridgehead atoms. The fourth-order valence-electron chi connectivity index (χ4n) is 4.44. The third-order valence-electron chi connectivity index (χ3n) is 6.12. The standard InChI is InChI=1S/C28H24N4O3S/c1-4-35-23-10-7-21(8-11-23)32-27(34)24(26(33)30-28(32)36)16-20-14-17(2)31(18(20)3)22-9-12-25-19(15-22)6-5-13-29-25/h5-16H,4H2,1-3H3,(H,30,33,36)/b24-16+. The molecule has 2 amide bonds. The van der Waals surface area contributed by atoms with Gasteiger partial charge in [0, 0.05) is 28.7 Å². The van der Waals surface area contributed by atoms with Crippen LogP contribution >= 0.6 is 12.2 Å². The van der Waals surface area contributed by atoms with Crippen molar-refractivity contribution in [3.63, 3.8) is 0 Å². The molecule has 0 spiro atoms. The van der Waals surface area contributed by atoms with E-state index in [0.29, 0.717) is 18.0 Å². The lowest BCUT2D eigenvalue weighted by molar-refractivity contribution is -0.122. The number of benzene rings is 2. The molecule has 0 atom stereocenters. The maximum Gasteiger partial charge on any atom is 0.270 e. The van der Waals surface area contributed by atoms with Gasteiger partial charge in [0.25, 0.3) is 11.8 Å². The molecule has 0 radical (unpaired) electrons. The van der Waals surface area contributed by atoms with Crippen molar-refractivity contribution in [1.29, 1.82) is 0 Å². The van der Waals surface area contributed by atoms with Crippen LogP contribution in [0, 0.1) is 13.8 Å². The van der Waals surface area contributed by atoms with Gasteiger partial charge >= 0.3 is 0 Å². The Bertz CT molecular complexity index is 1550. The summed E-state index contributed by atoms with van der Waals surface area (Å²) in [5, 5.41) is 3.72. The van der Waals surface area contributed by atoms with Crippen molar-refractivity contribution in [1.82, 2.24) is 14.9 Å². The van der Waals surface area contributed by atoms with Crippen molar-refractivity contribution >= 4 is 51.8 Å². The molecule has 1 aliphatic rings. The molecule has 4 aromatic rings. The summed E-state index contributed by atoms with van der Waals surface area (Å²) in [6.07, 6.45) is 3.40. The number of pyridine rings is 1. The molecule has 2 aromatic heterocycles. The average molecular weight is 497 g/mol. The van der Waals surface area contributed by atoms with Crippen molar-refractivity contribution in [2.45, 2.75) is 20.8 Å². The highest BCUT2D eigenvalue weighted by Gasteiger charge is 2.34. The van der Waals surface area contributed by atoms with E-state index in [4.69, 9.17) is 17.0 Å². The van der Waals surface area contributed by atoms with Gasteiger partial charge in [0.2, 0.25) is 0 Å². The van der Waals surface area contributed by atoms with E-state index < -0.39 is 11.8 Å². The van der Waals surface area contributed by atoms with Gasteiger partial charge in [0.15, 0.2) is 5.11 Å². The topological polar surface area (TPSA) is 76.5 Å². The number of thiocarbonyl (C=S) groups is 1. The molecular formula is C28H24N4O3S. The second-order valence-corrected chi connectivity index (χ2v) is 8.81. The van der Waals surface area contributed by atoms with E-state index in [1.807, 2.05) is 51.1 Å². The summed E-state index contributed by atoms with van der Waals surface area (Å²) in [6.45, 7) is 6.40. The summed E-state index contributed by atoms with van der Waals surface area (Å²) in [6, 6.07) is 19.0. The minimum atomic E-state index is -0.520. The fraction of sp³-hybridized carbons (Fsp3) is 0.143. The first-order chi connectivity index (χ1) is 17.4. The van der Waals surface area contributed by atoms with Crippen LogP contribution in [0.2, 0.25) is 0 Å². The Morgan fingerprint density at radius 1 is 1.03 bits per heavy atom. The van der Waals surface area contributed by atoms with E-state index in [2.05, 4.69) is 20.9 Å². The van der Waals surface area contributed by atoms with Crippen LogP contribution in [-0.4, -0.2) is 33.1 Å². The highest BCUT2D eigenvalue weighted by atomic mass is 32.1. The number of hydrogen-bond donors (Lipinski definition) is 1. The maximum atomic E-state index is 13.4. The fourth-order valence-corrected chi connectivity index (χ4v) is 4.72. The molecule has 180 valence electrons. The van der Waals surface area contributed by atoms with Gasteiger partial charge in [-0.15, -0.1) is 0 Å². The van der Waals surface area contributed by atoms with Crippen molar-refractivity contribution in [2.75, 3.05) is 11.5 Å². The van der Waals surface area contributed by atoms with E-state index in [-0.39, 0.29) is 10.7 Å². The smallest absolute Gasteiger partial charge is 0.270 e. The predicted molar refractivity (Wildman–Crippen MR) is 144 cm³/mol. The van der Waals surface area contributed by atoms with Gasteiger partial charge < -0.3 is 9.30 Å². The first kappa shape index (κ1) is 23.4. The van der Waals surface area contributed by atoms with E-state index >= 15 is 0 Å². The van der Waals surface area contributed by atoms with Gasteiger partial charge in [0.1, 0.15) is 11.3 Å². The summed E-state index contributed by atoms with van der Waals surface area (Å²) in [4.78, 5) is 32.0. The zero-order chi connectivity index (χ0) is 25.4. The number of fused-ring (bicyclic) bond motifs is 1. The van der Waals surface area contributed by atoms with E-state index in [1.54, 1.807) is 36.5 Å². The summed E-state index contributed by atoms with van der Waals surface area (Å²) < 4.78 is 7.58. The highest BCUT2D eigenvalue weighted by molar-refractivity contribution is 7.80. The Morgan fingerprint density at radius 3 is 2.53 bits per heavy atom. The number of nitrogens with one attached hydrogen (secondary N) is 1. The maximum absolute atomic E-state index is 13.4. The largest absolute Gasteiger partial charge is 0.494 e. The lowest BCUT2D eigenvalue weighted by Crippen LogP contribution is -2.54. The van der Waals surface area contributed by atoms with E-state index in [9.17, 15) is 9.59 Å². The molecule has 0 saturated carbocycles. The molecule has 3 heterocycles. The van der Waals surface area contributed by atoms with Gasteiger partial charge in [-0.25, -0.2) is 0 Å². The lowest BCUT2D eigenvalue weighted by atomic mass is 10.1. The van der Waals surface area contributed by atoms with Crippen LogP contribution in [0.15, 0.2) is 72.4 Å². The number of anilines is 1. The monoisotopic (exact) mass is 496 g/mol. The normalized spacial score (nSPS) is 15.0. The molecule has 0 unspecified atom stereocenters. The van der Waals surface area contributed by atoms with Gasteiger partial charge in [-0.2, -0.15) is 0 Å². The van der Waals surface area contributed by atoms with Crippen LogP contribution in [0.5, 0.6) is 5.75 Å². The summed E-state index contributed by atoms with van der Waals surface area (Å²) >= 11 is 5.32. The van der Waals surface area contributed by atoms with Gasteiger partial charge in [-0.1, -0.05) is 6.07 Å². The zero-order valence-electron chi connectivity index (χ0n) is 20.1. The summed E-state index contributed by atoms with van der Waals surface area (Å²) in [7, 11) is 0. The van der Waals surface area contributed by atoms with E-state index in [1.165, 1.54) is 4.90 Å². The SMILES string of the molecule is CCOc1ccc(N2C(=O)/C(=C/c3cc(C)n(-c4ccc5ncccc5c4)c3C)C(=O)NC2=S)cc1. The molecule has 0 aliphatic carbocycles. The van der Waals surface area contributed by atoms with Gasteiger partial charge in [-0.3, -0.25) is 24.8 Å². The predicted octanol–water partition coefficient (Wildman–Crippen LogP) is 4.87. The Balaban J connectivity index is 1.52. The number of aryl methyl sites for hydroxylation is 1. The molecule has 8 heteroatoms. The number of rotatable bonds is 5. The quantitative estimate of drug-likeness (QED) is 0.242. The first-order valence-corrected chi connectivity index (χ1v) is 12.0. The molecule has 5 rings (SSSR count). The minimum Gasteiger partial charge on any atom is -0.494 e. The zero-order valence-corrected chi connectivity index (χ0v) is 20.9. The van der Waals surface area contributed by atoms with Gasteiger partial charge in [-0.05, 0) is 99.2 Å². The number of aromatic nitrogens is 2. The average Bonchev–Trinajstić information content (AvgIpc) is 3.15. The molecule has 1 fully saturated rings. The van der Waals surface area contributed by atoms with Crippen molar-refractivity contribution in [3.05, 3.63) is 89.4 Å². The molecule has 2 aromatic carbocycles. The number of nitrogens with zero attached hydrogens (tertiary/aromatic N) is 3. The third-order valence-corrected chi connectivity index (χ3v) is 6.41. The van der Waals surface area contributed by atoms with Gasteiger partial charge in [0.05, 0.1) is 17.8 Å². The number of hydrogen-bond acceptors (Lipinski definition) is 5. The summed E-state index contributed by atoms with van der Waals surface area (Å²) in [5.41, 5.74) is 5.12. The third kappa shape index (κ3) is 4.16. The van der Waals surface area contributed by atoms with Crippen molar-refractivity contribution < 1.29 is 14.3 Å². The molecule has 1 N–H and O–H groups in total. The van der Waals surface area contributed by atoms with Crippen LogP contribution in [0.3, 0.4) is 0 Å². The second kappa shape index (κ2) is 9.39. The summed E-state index contributed by atoms with van der Waals surface area (Å²) in [5.74, 6) is -0.309. The van der Waals surface area contributed by atoms with Crippen LogP contribution in [0.1, 0.15) is 23.9 Å².